The predicted molar refractivity (Wildman–Crippen MR) is 117 cm³/mol. The van der Waals surface area contributed by atoms with Gasteiger partial charge in [-0.25, -0.2) is 18.3 Å². The first kappa shape index (κ1) is 21.1. The molecule has 4 rings (SSSR count). The normalized spacial score (nSPS) is 19.1. The number of nitriles is 1. The number of aromatic nitrogens is 3. The third kappa shape index (κ3) is 4.18. The van der Waals surface area contributed by atoms with Crippen molar-refractivity contribution in [2.24, 2.45) is 4.99 Å². The quantitative estimate of drug-likeness (QED) is 0.214. The average molecular weight is 442 g/mol. The molecule has 3 heterocycles. The van der Waals surface area contributed by atoms with Gasteiger partial charge in [0.25, 0.3) is 0 Å². The van der Waals surface area contributed by atoms with E-state index in [-0.39, 0.29) is 24.8 Å². The molecule has 10 heteroatoms. The molecule has 2 aromatic heterocycles. The van der Waals surface area contributed by atoms with Crippen LogP contribution in [0.1, 0.15) is 30.6 Å². The Hall–Kier alpha value is -3.19. The number of hydrogen-bond donors (Lipinski definition) is 1. The summed E-state index contributed by atoms with van der Waals surface area (Å²) in [5, 5.41) is 16.3. The molecule has 31 heavy (non-hydrogen) atoms. The highest BCUT2D eigenvalue weighted by molar-refractivity contribution is 7.98. The third-order valence-electron chi connectivity index (χ3n) is 5.14. The molecule has 1 aliphatic heterocycles. The molecule has 0 spiro atoms. The van der Waals surface area contributed by atoms with Crippen molar-refractivity contribution in [1.82, 2.24) is 19.9 Å². The average Bonchev–Trinajstić information content (AvgIpc) is 3.36. The predicted octanol–water partition coefficient (Wildman–Crippen LogP) is 3.72. The van der Waals surface area contributed by atoms with Crippen molar-refractivity contribution in [1.29, 1.82) is 5.26 Å². The van der Waals surface area contributed by atoms with E-state index in [1.807, 2.05) is 30.3 Å². The number of aliphatic imine (C=N–C) groups is 1. The zero-order valence-corrected chi connectivity index (χ0v) is 17.9. The Morgan fingerprint density at radius 3 is 2.97 bits per heavy atom. The van der Waals surface area contributed by atoms with E-state index >= 15 is 0 Å². The van der Waals surface area contributed by atoms with Crippen LogP contribution >= 0.6 is 11.8 Å². The SMILES string of the molecule is CCN=C(NC#N)c1cnc2ccc(N3C[C@@H](F)C[C@@H]3c3cc(F)cc(SC)c3)nn12. The Morgan fingerprint density at radius 2 is 2.23 bits per heavy atom. The molecule has 1 fully saturated rings. The van der Waals surface area contributed by atoms with Gasteiger partial charge in [0.1, 0.15) is 23.5 Å². The van der Waals surface area contributed by atoms with E-state index in [9.17, 15) is 8.78 Å². The zero-order valence-electron chi connectivity index (χ0n) is 17.1. The smallest absolute Gasteiger partial charge is 0.182 e. The second-order valence-electron chi connectivity index (χ2n) is 7.09. The summed E-state index contributed by atoms with van der Waals surface area (Å²) in [6.45, 7) is 2.50. The Labute approximate surface area is 182 Å². The lowest BCUT2D eigenvalue weighted by molar-refractivity contribution is 0.356. The molecule has 2 atom stereocenters. The van der Waals surface area contributed by atoms with Gasteiger partial charge in [0.2, 0.25) is 0 Å². The number of anilines is 1. The largest absolute Gasteiger partial charge is 0.345 e. The number of benzene rings is 1. The van der Waals surface area contributed by atoms with Crippen LogP contribution in [0, 0.1) is 17.3 Å². The first-order valence-corrected chi connectivity index (χ1v) is 11.1. The molecule has 1 aliphatic rings. The second kappa shape index (κ2) is 8.89. The minimum absolute atomic E-state index is 0.157. The van der Waals surface area contributed by atoms with E-state index in [2.05, 4.69) is 20.4 Å². The van der Waals surface area contributed by atoms with Crippen LogP contribution in [-0.4, -0.2) is 46.0 Å². The van der Waals surface area contributed by atoms with Gasteiger partial charge in [-0.3, -0.25) is 10.3 Å². The number of fused-ring (bicyclic) bond motifs is 1. The number of halogens is 2. The van der Waals surface area contributed by atoms with E-state index in [0.717, 1.165) is 10.5 Å². The minimum Gasteiger partial charge on any atom is -0.345 e. The molecule has 0 amide bonds. The number of amidine groups is 1. The van der Waals surface area contributed by atoms with Gasteiger partial charge in [0.15, 0.2) is 17.7 Å². The van der Waals surface area contributed by atoms with Crippen molar-refractivity contribution in [3.8, 4) is 6.19 Å². The van der Waals surface area contributed by atoms with Crippen LogP contribution in [0.5, 0.6) is 0 Å². The monoisotopic (exact) mass is 441 g/mol. The zero-order chi connectivity index (χ0) is 22.0. The number of nitrogens with one attached hydrogen (secondary N) is 1. The van der Waals surface area contributed by atoms with Gasteiger partial charge in [-0.1, -0.05) is 0 Å². The Morgan fingerprint density at radius 1 is 1.39 bits per heavy atom. The van der Waals surface area contributed by atoms with Crippen molar-refractivity contribution in [2.75, 3.05) is 24.2 Å². The van der Waals surface area contributed by atoms with Crippen LogP contribution in [0.3, 0.4) is 0 Å². The number of rotatable bonds is 5. The summed E-state index contributed by atoms with van der Waals surface area (Å²) in [5.41, 5.74) is 1.82. The first-order valence-electron chi connectivity index (χ1n) is 9.84. The molecule has 160 valence electrons. The molecule has 0 saturated carbocycles. The van der Waals surface area contributed by atoms with E-state index in [4.69, 9.17) is 5.26 Å². The van der Waals surface area contributed by atoms with E-state index < -0.39 is 6.17 Å². The summed E-state index contributed by atoms with van der Waals surface area (Å²) in [5.74, 6) is 0.560. The minimum atomic E-state index is -1.05. The van der Waals surface area contributed by atoms with Crippen molar-refractivity contribution in [3.63, 3.8) is 0 Å². The summed E-state index contributed by atoms with van der Waals surface area (Å²) in [6.07, 6.45) is 4.55. The molecule has 7 nitrogen and oxygen atoms in total. The van der Waals surface area contributed by atoms with Crippen molar-refractivity contribution in [2.45, 2.75) is 30.5 Å². The molecular formula is C21H21F2N7S. The molecule has 0 radical (unpaired) electrons. The van der Waals surface area contributed by atoms with Gasteiger partial charge in [-0.05, 0) is 49.1 Å². The molecule has 0 bridgehead atoms. The number of nitrogens with zero attached hydrogens (tertiary/aromatic N) is 6. The molecular weight excluding hydrogens is 420 g/mol. The number of alkyl halides is 1. The number of thioether (sulfide) groups is 1. The molecule has 3 aromatic rings. The molecule has 1 aromatic carbocycles. The number of hydrogen-bond acceptors (Lipinski definition) is 6. The molecule has 1 N–H and O–H groups in total. The molecule has 1 saturated heterocycles. The van der Waals surface area contributed by atoms with E-state index in [1.54, 1.807) is 22.8 Å². The fourth-order valence-corrected chi connectivity index (χ4v) is 4.31. The van der Waals surface area contributed by atoms with Gasteiger partial charge in [-0.2, -0.15) is 5.26 Å². The lowest BCUT2D eigenvalue weighted by Gasteiger charge is -2.26. The van der Waals surface area contributed by atoms with Crippen LogP contribution in [0.2, 0.25) is 0 Å². The lowest BCUT2D eigenvalue weighted by Crippen LogP contribution is -2.26. The Kier molecular flexibility index (Phi) is 6.04. The van der Waals surface area contributed by atoms with Crippen molar-refractivity contribution < 1.29 is 8.78 Å². The fraction of sp³-hybridized carbons (Fsp3) is 0.333. The van der Waals surface area contributed by atoms with Gasteiger partial charge < -0.3 is 4.90 Å². The van der Waals surface area contributed by atoms with Crippen LogP contribution in [0.15, 0.2) is 46.4 Å². The maximum absolute atomic E-state index is 14.5. The maximum atomic E-state index is 14.5. The highest BCUT2D eigenvalue weighted by atomic mass is 32.2. The standard InChI is InChI=1S/C21H21F2N7S/c1-3-25-21(27-12-24)18-10-26-19-4-5-20(28-30(18)19)29-11-15(23)9-17(29)13-6-14(22)8-16(7-13)31-2/h4-8,10,15,17H,3,9,11H2,1-2H3,(H,25,27)/t15-,17+/m0/s1. The van der Waals surface area contributed by atoms with Gasteiger partial charge in [0, 0.05) is 17.9 Å². The van der Waals surface area contributed by atoms with Gasteiger partial charge in [-0.15, -0.1) is 16.9 Å². The van der Waals surface area contributed by atoms with Crippen LogP contribution in [0.25, 0.3) is 5.65 Å². The van der Waals surface area contributed by atoms with Gasteiger partial charge in [0.05, 0.1) is 18.8 Å². The summed E-state index contributed by atoms with van der Waals surface area (Å²) < 4.78 is 30.2. The molecule has 0 unspecified atom stereocenters. The van der Waals surface area contributed by atoms with E-state index in [1.165, 1.54) is 23.9 Å². The Bertz CT molecular complexity index is 1170. The molecule has 0 aliphatic carbocycles. The summed E-state index contributed by atoms with van der Waals surface area (Å²) in [4.78, 5) is 11.3. The Balaban J connectivity index is 1.76. The highest BCUT2D eigenvalue weighted by Gasteiger charge is 2.35. The van der Waals surface area contributed by atoms with E-state index in [0.29, 0.717) is 29.5 Å². The van der Waals surface area contributed by atoms with Crippen molar-refractivity contribution >= 4 is 29.1 Å². The summed E-state index contributed by atoms with van der Waals surface area (Å²) in [7, 11) is 0. The topological polar surface area (TPSA) is 81.6 Å². The second-order valence-corrected chi connectivity index (χ2v) is 7.97. The fourth-order valence-electron chi connectivity index (χ4n) is 3.82. The van der Waals surface area contributed by atoms with Crippen LogP contribution < -0.4 is 10.2 Å². The summed E-state index contributed by atoms with van der Waals surface area (Å²) in [6, 6.07) is 8.05. The van der Waals surface area contributed by atoms with Crippen molar-refractivity contribution in [3.05, 3.63) is 53.6 Å². The summed E-state index contributed by atoms with van der Waals surface area (Å²) >= 11 is 1.44. The maximum Gasteiger partial charge on any atom is 0.182 e. The first-order chi connectivity index (χ1) is 15.0. The van der Waals surface area contributed by atoms with Crippen LogP contribution in [-0.2, 0) is 0 Å². The highest BCUT2D eigenvalue weighted by Crippen LogP contribution is 2.38. The lowest BCUT2D eigenvalue weighted by atomic mass is 10.0. The number of imidazole rings is 1. The van der Waals surface area contributed by atoms with Crippen LogP contribution in [0.4, 0.5) is 14.6 Å². The third-order valence-corrected chi connectivity index (χ3v) is 5.85. The van der Waals surface area contributed by atoms with Gasteiger partial charge >= 0.3 is 0 Å².